The predicted molar refractivity (Wildman–Crippen MR) is 346 cm³/mol. The molecular formula is C70H138N2O6P+. The standard InChI is InChI=1S/C70H137N2O6P/c1-6-8-10-12-14-16-18-20-22-24-26-28-30-32-33-34-35-36-37-38-39-40-42-44-46-48-50-52-54-56-58-60-62-64-70(74)71-68(67-78-79(75,76)77-66-65-72(3,4)5)69(73)63-61-59-57-55-53-51-49-47-45-43-41-31-29-27-25-23-21-19-17-15-13-11-9-7-2/h24,26,53,55,61,63,68-69,73H,6-23,25,27-52,54,56-60,62,64-67H2,1-5H3,(H-,71,74,75,76)/p+1/b26-24-,55-53+,63-61+. The van der Waals surface area contributed by atoms with E-state index in [-0.39, 0.29) is 19.1 Å². The maximum Gasteiger partial charge on any atom is 0.472 e. The topological polar surface area (TPSA) is 105 Å². The molecule has 0 aromatic rings. The number of hydrogen-bond acceptors (Lipinski definition) is 5. The molecule has 0 saturated carbocycles. The molecule has 0 aromatic carbocycles. The molecule has 0 saturated heterocycles. The first-order valence-electron chi connectivity index (χ1n) is 34.9. The molecule has 79 heavy (non-hydrogen) atoms. The van der Waals surface area contributed by atoms with Crippen LogP contribution in [0.2, 0.25) is 0 Å². The van der Waals surface area contributed by atoms with Crippen LogP contribution in [0.25, 0.3) is 0 Å². The van der Waals surface area contributed by atoms with Crippen molar-refractivity contribution in [2.45, 2.75) is 366 Å². The molecular weight excluding hydrogens is 996 g/mol. The lowest BCUT2D eigenvalue weighted by Crippen LogP contribution is -2.45. The van der Waals surface area contributed by atoms with Gasteiger partial charge in [0.1, 0.15) is 13.2 Å². The number of hydrogen-bond donors (Lipinski definition) is 3. The van der Waals surface area contributed by atoms with Crippen LogP contribution in [0.3, 0.4) is 0 Å². The lowest BCUT2D eigenvalue weighted by molar-refractivity contribution is -0.870. The summed E-state index contributed by atoms with van der Waals surface area (Å²) in [7, 11) is 1.57. The first-order valence-corrected chi connectivity index (χ1v) is 36.4. The molecule has 0 rings (SSSR count). The third kappa shape index (κ3) is 64.1. The molecule has 0 aliphatic carbocycles. The molecule has 1 amide bonds. The molecule has 0 spiro atoms. The van der Waals surface area contributed by atoms with E-state index in [1.54, 1.807) is 6.08 Å². The maximum atomic E-state index is 13.0. The number of carbonyl (C=O) groups is 1. The zero-order valence-electron chi connectivity index (χ0n) is 53.6. The Morgan fingerprint density at radius 3 is 1.01 bits per heavy atom. The quantitative estimate of drug-likeness (QED) is 0.0243. The molecule has 3 unspecified atom stereocenters. The summed E-state index contributed by atoms with van der Waals surface area (Å²) < 4.78 is 23.8. The molecule has 0 radical (unpaired) electrons. The first kappa shape index (κ1) is 77.7. The lowest BCUT2D eigenvalue weighted by atomic mass is 10.0. The maximum absolute atomic E-state index is 13.0. The Labute approximate surface area is 493 Å². The number of aliphatic hydroxyl groups is 1. The van der Waals surface area contributed by atoms with Gasteiger partial charge in [0.15, 0.2) is 0 Å². The molecule has 9 heteroatoms. The van der Waals surface area contributed by atoms with Gasteiger partial charge in [0.25, 0.3) is 0 Å². The highest BCUT2D eigenvalue weighted by molar-refractivity contribution is 7.47. The van der Waals surface area contributed by atoms with E-state index in [2.05, 4.69) is 43.5 Å². The van der Waals surface area contributed by atoms with E-state index in [9.17, 15) is 19.4 Å². The average molecular weight is 1130 g/mol. The monoisotopic (exact) mass is 1130 g/mol. The van der Waals surface area contributed by atoms with Crippen molar-refractivity contribution >= 4 is 13.7 Å². The predicted octanol–water partition coefficient (Wildman–Crippen LogP) is 22.1. The number of nitrogens with zero attached hydrogens (tertiary/aromatic N) is 1. The number of nitrogens with one attached hydrogen (secondary N) is 1. The molecule has 0 heterocycles. The largest absolute Gasteiger partial charge is 0.472 e. The zero-order chi connectivity index (χ0) is 57.7. The van der Waals surface area contributed by atoms with Crippen LogP contribution in [0.15, 0.2) is 36.5 Å². The van der Waals surface area contributed by atoms with Crippen molar-refractivity contribution in [3.8, 4) is 0 Å². The molecule has 3 atom stereocenters. The molecule has 0 aromatic heterocycles. The van der Waals surface area contributed by atoms with Crippen molar-refractivity contribution in [2.24, 2.45) is 0 Å². The van der Waals surface area contributed by atoms with Gasteiger partial charge in [-0.25, -0.2) is 4.57 Å². The van der Waals surface area contributed by atoms with Crippen LogP contribution < -0.4 is 5.32 Å². The van der Waals surface area contributed by atoms with E-state index in [0.29, 0.717) is 17.4 Å². The number of rotatable bonds is 65. The summed E-state index contributed by atoms with van der Waals surface area (Å²) in [6.07, 6.45) is 81.6. The van der Waals surface area contributed by atoms with Gasteiger partial charge in [-0.3, -0.25) is 13.8 Å². The normalized spacial score (nSPS) is 13.9. The average Bonchev–Trinajstić information content (AvgIpc) is 3.42. The van der Waals surface area contributed by atoms with Gasteiger partial charge in [0, 0.05) is 6.42 Å². The van der Waals surface area contributed by atoms with Crippen molar-refractivity contribution in [2.75, 3.05) is 40.9 Å². The molecule has 0 aliphatic rings. The third-order valence-corrected chi connectivity index (χ3v) is 17.1. The van der Waals surface area contributed by atoms with Gasteiger partial charge in [-0.2, -0.15) is 0 Å². The van der Waals surface area contributed by atoms with Crippen molar-refractivity contribution in [1.82, 2.24) is 5.32 Å². The second-order valence-electron chi connectivity index (χ2n) is 25.3. The van der Waals surface area contributed by atoms with Crippen LogP contribution in [-0.4, -0.2) is 73.4 Å². The van der Waals surface area contributed by atoms with Crippen molar-refractivity contribution in [3.05, 3.63) is 36.5 Å². The van der Waals surface area contributed by atoms with Crippen LogP contribution in [0, 0.1) is 0 Å². The highest BCUT2D eigenvalue weighted by Gasteiger charge is 2.28. The number of phosphoric acid groups is 1. The molecule has 8 nitrogen and oxygen atoms in total. The number of quaternary nitrogens is 1. The van der Waals surface area contributed by atoms with E-state index in [0.717, 1.165) is 38.5 Å². The number of allylic oxidation sites excluding steroid dienone is 5. The number of phosphoric ester groups is 1. The SMILES string of the molecule is CCCCCCCCCC/C=C\CCCCCCCCCCCCCCCCCCCCCCCC(=O)NC(COP(=O)(O)OCC[N+](C)(C)C)C(O)/C=C/CC/C=C/CCCCCCCCCCCCCCCCCCCC. The molecule has 3 N–H and O–H groups in total. The highest BCUT2D eigenvalue weighted by atomic mass is 31.2. The van der Waals surface area contributed by atoms with Crippen LogP contribution in [0.4, 0.5) is 0 Å². The molecule has 0 bridgehead atoms. The second kappa shape index (κ2) is 61.3. The minimum atomic E-state index is -4.36. The van der Waals surface area contributed by atoms with Gasteiger partial charge >= 0.3 is 7.82 Å². The van der Waals surface area contributed by atoms with E-state index in [1.807, 2.05) is 27.2 Å². The van der Waals surface area contributed by atoms with E-state index in [4.69, 9.17) is 9.05 Å². The summed E-state index contributed by atoms with van der Waals surface area (Å²) in [6, 6.07) is -0.863. The smallest absolute Gasteiger partial charge is 0.387 e. The van der Waals surface area contributed by atoms with Crippen molar-refractivity contribution in [3.63, 3.8) is 0 Å². The summed E-state index contributed by atoms with van der Waals surface area (Å²) in [4.78, 5) is 23.4. The fourth-order valence-electron chi connectivity index (χ4n) is 10.6. The summed E-state index contributed by atoms with van der Waals surface area (Å²) >= 11 is 0. The van der Waals surface area contributed by atoms with Gasteiger partial charge in [0.2, 0.25) is 5.91 Å². The van der Waals surface area contributed by atoms with Gasteiger partial charge in [-0.05, 0) is 57.8 Å². The number of carbonyl (C=O) groups excluding carboxylic acids is 1. The van der Waals surface area contributed by atoms with Crippen LogP contribution in [-0.2, 0) is 18.4 Å². The van der Waals surface area contributed by atoms with Gasteiger partial charge < -0.3 is 19.8 Å². The van der Waals surface area contributed by atoms with Gasteiger partial charge in [-0.15, -0.1) is 0 Å². The Bertz CT molecular complexity index is 1380. The fraction of sp³-hybridized carbons (Fsp3) is 0.900. The molecule has 0 fully saturated rings. The molecule has 0 aliphatic heterocycles. The van der Waals surface area contributed by atoms with Crippen LogP contribution in [0.5, 0.6) is 0 Å². The lowest BCUT2D eigenvalue weighted by Gasteiger charge is -2.25. The fourth-order valence-corrected chi connectivity index (χ4v) is 11.4. The number of amides is 1. The van der Waals surface area contributed by atoms with Crippen molar-refractivity contribution < 1.29 is 32.9 Å². The van der Waals surface area contributed by atoms with Crippen LogP contribution >= 0.6 is 7.82 Å². The molecule has 468 valence electrons. The second-order valence-corrected chi connectivity index (χ2v) is 26.7. The first-order chi connectivity index (χ1) is 38.5. The van der Waals surface area contributed by atoms with E-state index >= 15 is 0 Å². The highest BCUT2D eigenvalue weighted by Crippen LogP contribution is 2.43. The zero-order valence-corrected chi connectivity index (χ0v) is 54.5. The van der Waals surface area contributed by atoms with Gasteiger partial charge in [0.05, 0.1) is 39.9 Å². The van der Waals surface area contributed by atoms with Crippen LogP contribution in [0.1, 0.15) is 354 Å². The van der Waals surface area contributed by atoms with E-state index < -0.39 is 20.0 Å². The third-order valence-electron chi connectivity index (χ3n) is 16.1. The summed E-state index contributed by atoms with van der Waals surface area (Å²) in [5, 5.41) is 14.0. The summed E-state index contributed by atoms with van der Waals surface area (Å²) in [5.74, 6) is -0.179. The Morgan fingerprint density at radius 1 is 0.418 bits per heavy atom. The Kier molecular flexibility index (Phi) is 60.3. The number of likely N-dealkylation sites (N-methyl/N-ethyl adjacent to an activating group) is 1. The minimum Gasteiger partial charge on any atom is -0.387 e. The van der Waals surface area contributed by atoms with E-state index in [1.165, 1.54) is 295 Å². The Balaban J connectivity index is 4.05. The van der Waals surface area contributed by atoms with Crippen molar-refractivity contribution in [1.29, 1.82) is 0 Å². The number of unbranched alkanes of at least 4 members (excludes halogenated alkanes) is 48. The Hall–Kier alpha value is -1.28. The number of aliphatic hydroxyl groups excluding tert-OH is 1. The van der Waals surface area contributed by atoms with Gasteiger partial charge in [-0.1, -0.05) is 326 Å². The minimum absolute atomic E-state index is 0.0581. The Morgan fingerprint density at radius 2 is 0.696 bits per heavy atom. The summed E-state index contributed by atoms with van der Waals surface area (Å²) in [5.41, 5.74) is 0. The summed E-state index contributed by atoms with van der Waals surface area (Å²) in [6.45, 7) is 4.85.